The standard InChI is InChI=1S/C16H15FN2O6S/c1-9(20)18-10-3-6-15(25-2)14(7-10)19-26(23,24)11-4-5-13(17)12(8-11)16(21)22/h3-8,19H,1-2H3,(H,18,20)(H,21,22). The maximum atomic E-state index is 13.5. The maximum absolute atomic E-state index is 13.5. The molecule has 0 fully saturated rings. The lowest BCUT2D eigenvalue weighted by Crippen LogP contribution is -2.15. The molecule has 0 aliphatic rings. The molecule has 0 radical (unpaired) electrons. The number of halogens is 1. The number of amides is 1. The van der Waals surface area contributed by atoms with E-state index in [1.54, 1.807) is 0 Å². The van der Waals surface area contributed by atoms with Gasteiger partial charge in [-0.2, -0.15) is 0 Å². The van der Waals surface area contributed by atoms with Crippen LogP contribution in [0.15, 0.2) is 41.3 Å². The zero-order chi connectivity index (χ0) is 19.5. The molecule has 3 N–H and O–H groups in total. The lowest BCUT2D eigenvalue weighted by atomic mass is 10.2. The highest BCUT2D eigenvalue weighted by molar-refractivity contribution is 7.92. The lowest BCUT2D eigenvalue weighted by Gasteiger charge is -2.14. The van der Waals surface area contributed by atoms with Crippen molar-refractivity contribution in [3.8, 4) is 5.75 Å². The van der Waals surface area contributed by atoms with Crippen LogP contribution in [0.25, 0.3) is 0 Å². The van der Waals surface area contributed by atoms with Crippen molar-refractivity contribution in [2.24, 2.45) is 0 Å². The van der Waals surface area contributed by atoms with Crippen LogP contribution in [0.2, 0.25) is 0 Å². The number of carboxylic acids is 1. The van der Waals surface area contributed by atoms with Crippen molar-refractivity contribution in [3.63, 3.8) is 0 Å². The van der Waals surface area contributed by atoms with Gasteiger partial charge >= 0.3 is 5.97 Å². The normalized spacial score (nSPS) is 10.9. The first kappa shape index (κ1) is 19.2. The number of hydrogen-bond donors (Lipinski definition) is 3. The molecular weight excluding hydrogens is 367 g/mol. The van der Waals surface area contributed by atoms with Crippen LogP contribution in [-0.2, 0) is 14.8 Å². The van der Waals surface area contributed by atoms with Crippen molar-refractivity contribution in [2.45, 2.75) is 11.8 Å². The second-order valence-corrected chi connectivity index (χ2v) is 6.83. The molecule has 0 aromatic heterocycles. The van der Waals surface area contributed by atoms with Gasteiger partial charge < -0.3 is 15.2 Å². The van der Waals surface area contributed by atoms with E-state index in [1.807, 2.05) is 0 Å². The van der Waals surface area contributed by atoms with E-state index in [-0.39, 0.29) is 17.3 Å². The van der Waals surface area contributed by atoms with Crippen LogP contribution in [0.3, 0.4) is 0 Å². The van der Waals surface area contributed by atoms with Gasteiger partial charge in [0.25, 0.3) is 10.0 Å². The van der Waals surface area contributed by atoms with Gasteiger partial charge in [-0.3, -0.25) is 9.52 Å². The summed E-state index contributed by atoms with van der Waals surface area (Å²) in [5, 5.41) is 11.4. The third-order valence-corrected chi connectivity index (χ3v) is 4.61. The highest BCUT2D eigenvalue weighted by atomic mass is 32.2. The summed E-state index contributed by atoms with van der Waals surface area (Å²) >= 11 is 0. The van der Waals surface area contributed by atoms with Crippen LogP contribution in [0.1, 0.15) is 17.3 Å². The third-order valence-electron chi connectivity index (χ3n) is 3.24. The number of ether oxygens (including phenoxy) is 1. The molecular formula is C16H15FN2O6S. The van der Waals surface area contributed by atoms with Gasteiger partial charge in [-0.1, -0.05) is 0 Å². The molecule has 26 heavy (non-hydrogen) atoms. The predicted octanol–water partition coefficient (Wildman–Crippen LogP) is 2.29. The van der Waals surface area contributed by atoms with E-state index in [1.165, 1.54) is 32.2 Å². The third kappa shape index (κ3) is 4.28. The molecule has 138 valence electrons. The van der Waals surface area contributed by atoms with Gasteiger partial charge in [0.1, 0.15) is 11.6 Å². The van der Waals surface area contributed by atoms with Gasteiger partial charge in [-0.25, -0.2) is 17.6 Å². The van der Waals surface area contributed by atoms with Crippen molar-refractivity contribution < 1.29 is 32.2 Å². The van der Waals surface area contributed by atoms with E-state index in [2.05, 4.69) is 10.0 Å². The van der Waals surface area contributed by atoms with Crippen LogP contribution in [0.4, 0.5) is 15.8 Å². The Morgan fingerprint density at radius 1 is 1.15 bits per heavy atom. The molecule has 2 aromatic rings. The molecule has 8 nitrogen and oxygen atoms in total. The zero-order valence-electron chi connectivity index (χ0n) is 13.7. The van der Waals surface area contributed by atoms with Crippen molar-refractivity contribution >= 4 is 33.3 Å². The summed E-state index contributed by atoms with van der Waals surface area (Å²) in [6.07, 6.45) is 0. The highest BCUT2D eigenvalue weighted by Crippen LogP contribution is 2.30. The van der Waals surface area contributed by atoms with E-state index in [0.29, 0.717) is 11.8 Å². The number of sulfonamides is 1. The Hall–Kier alpha value is -3.14. The monoisotopic (exact) mass is 382 g/mol. The summed E-state index contributed by atoms with van der Waals surface area (Å²) in [6.45, 7) is 1.29. The average Bonchev–Trinajstić information content (AvgIpc) is 2.54. The molecule has 10 heteroatoms. The number of nitrogens with one attached hydrogen (secondary N) is 2. The molecule has 2 rings (SSSR count). The van der Waals surface area contributed by atoms with Crippen molar-refractivity contribution in [3.05, 3.63) is 47.8 Å². The van der Waals surface area contributed by atoms with E-state index >= 15 is 0 Å². The Morgan fingerprint density at radius 2 is 1.85 bits per heavy atom. The van der Waals surface area contributed by atoms with Gasteiger partial charge in [0.15, 0.2) is 0 Å². The van der Waals surface area contributed by atoms with Gasteiger partial charge in [-0.05, 0) is 36.4 Å². The zero-order valence-corrected chi connectivity index (χ0v) is 14.6. The van der Waals surface area contributed by atoms with Crippen LogP contribution < -0.4 is 14.8 Å². The quantitative estimate of drug-likeness (QED) is 0.705. The second kappa shape index (κ2) is 7.40. The molecule has 0 heterocycles. The first-order valence-electron chi connectivity index (χ1n) is 7.15. The summed E-state index contributed by atoms with van der Waals surface area (Å²) in [5.41, 5.74) is -0.437. The molecule has 0 atom stereocenters. The minimum Gasteiger partial charge on any atom is -0.495 e. The summed E-state index contributed by atoms with van der Waals surface area (Å²) in [7, 11) is -2.91. The number of hydrogen-bond acceptors (Lipinski definition) is 5. The number of rotatable bonds is 6. The van der Waals surface area contributed by atoms with Gasteiger partial charge in [0.05, 0.1) is 23.3 Å². The van der Waals surface area contributed by atoms with Gasteiger partial charge in [0.2, 0.25) is 5.91 Å². The minimum absolute atomic E-state index is 0.0138. The molecule has 0 aliphatic heterocycles. The number of carboxylic acid groups (broad SMARTS) is 1. The number of benzene rings is 2. The van der Waals surface area contributed by atoms with Gasteiger partial charge in [0, 0.05) is 12.6 Å². The first-order chi connectivity index (χ1) is 12.1. The van der Waals surface area contributed by atoms with Crippen molar-refractivity contribution in [2.75, 3.05) is 17.1 Å². The average molecular weight is 382 g/mol. The predicted molar refractivity (Wildman–Crippen MR) is 91.5 cm³/mol. The van der Waals surface area contributed by atoms with E-state index in [9.17, 15) is 22.4 Å². The summed E-state index contributed by atoms with van der Waals surface area (Å²) < 4.78 is 45.8. The van der Waals surface area contributed by atoms with Crippen LogP contribution in [0.5, 0.6) is 5.75 Å². The van der Waals surface area contributed by atoms with Crippen molar-refractivity contribution in [1.82, 2.24) is 0 Å². The fourth-order valence-corrected chi connectivity index (χ4v) is 3.19. The number of aromatic carboxylic acids is 1. The molecule has 0 unspecified atom stereocenters. The maximum Gasteiger partial charge on any atom is 0.338 e. The SMILES string of the molecule is COc1ccc(NC(C)=O)cc1NS(=O)(=O)c1ccc(F)c(C(=O)O)c1. The van der Waals surface area contributed by atoms with E-state index in [0.717, 1.165) is 12.1 Å². The Kier molecular flexibility index (Phi) is 5.46. The fraction of sp³-hybridized carbons (Fsp3) is 0.125. The van der Waals surface area contributed by atoms with Crippen LogP contribution in [-0.4, -0.2) is 32.5 Å². The van der Waals surface area contributed by atoms with Crippen LogP contribution >= 0.6 is 0 Å². The number of anilines is 2. The smallest absolute Gasteiger partial charge is 0.338 e. The second-order valence-electron chi connectivity index (χ2n) is 5.15. The van der Waals surface area contributed by atoms with E-state index in [4.69, 9.17) is 9.84 Å². The molecule has 1 amide bonds. The lowest BCUT2D eigenvalue weighted by molar-refractivity contribution is -0.114. The topological polar surface area (TPSA) is 122 Å². The fourth-order valence-electron chi connectivity index (χ4n) is 2.11. The summed E-state index contributed by atoms with van der Waals surface area (Å²) in [4.78, 5) is 21.7. The Morgan fingerprint density at radius 3 is 2.42 bits per heavy atom. The minimum atomic E-state index is -4.24. The molecule has 0 aliphatic carbocycles. The molecule has 2 aromatic carbocycles. The van der Waals surface area contributed by atoms with E-state index < -0.39 is 32.3 Å². The highest BCUT2D eigenvalue weighted by Gasteiger charge is 2.21. The summed E-state index contributed by atoms with van der Waals surface area (Å²) in [6, 6.07) is 6.69. The Balaban J connectivity index is 2.44. The largest absolute Gasteiger partial charge is 0.495 e. The van der Waals surface area contributed by atoms with Crippen molar-refractivity contribution in [1.29, 1.82) is 0 Å². The van der Waals surface area contributed by atoms with Crippen LogP contribution in [0, 0.1) is 5.82 Å². The molecule has 0 saturated carbocycles. The number of carbonyl (C=O) groups is 2. The summed E-state index contributed by atoms with van der Waals surface area (Å²) in [5.74, 6) is -2.83. The molecule has 0 saturated heterocycles. The Labute approximate surface area is 148 Å². The number of carbonyl (C=O) groups excluding carboxylic acids is 1. The first-order valence-corrected chi connectivity index (χ1v) is 8.63. The number of methoxy groups -OCH3 is 1. The Bertz CT molecular complexity index is 975. The molecule has 0 bridgehead atoms. The van der Waals surface area contributed by atoms with Gasteiger partial charge in [-0.15, -0.1) is 0 Å². The molecule has 0 spiro atoms.